The van der Waals surface area contributed by atoms with Crippen molar-refractivity contribution >= 4 is 23.2 Å². The molecular weight excluding hydrogens is 400 g/mol. The minimum Gasteiger partial charge on any atom is -0.381 e. The molecule has 2 aliphatic rings. The third-order valence-electron chi connectivity index (χ3n) is 5.87. The molecule has 0 bridgehead atoms. The van der Waals surface area contributed by atoms with Crippen LogP contribution < -0.4 is 10.6 Å². The summed E-state index contributed by atoms with van der Waals surface area (Å²) in [4.78, 5) is 21.8. The molecule has 6 nitrogen and oxygen atoms in total. The number of nitrogens with zero attached hydrogens (tertiary/aromatic N) is 2. The number of hydrogen-bond donors (Lipinski definition) is 2. The number of pyridine rings is 2. The Morgan fingerprint density at radius 3 is 3.03 bits per heavy atom. The second-order valence-corrected chi connectivity index (χ2v) is 8.62. The summed E-state index contributed by atoms with van der Waals surface area (Å²) in [6, 6.07) is 7.77. The molecule has 0 amide bonds. The van der Waals surface area contributed by atoms with E-state index in [4.69, 9.17) is 21.3 Å². The number of rotatable bonds is 7. The first-order valence-electron chi connectivity index (χ1n) is 10.9. The summed E-state index contributed by atoms with van der Waals surface area (Å²) in [5, 5.41) is 7.26. The minimum absolute atomic E-state index is 0.0779. The first-order chi connectivity index (χ1) is 14.7. The number of ether oxygens (including phenoxy) is 1. The van der Waals surface area contributed by atoms with Crippen LogP contribution in [-0.2, 0) is 16.0 Å². The standard InChI is InChI=1S/C23H29ClN4O2/c24-20-14-26-18(11-22(29)17-5-2-8-25-13-17)10-19(20)21-6-1-7-23(28-21)27-12-16-4-3-9-30-15-16/h1,6-7,10,14,16-17,25H,2-5,8-9,11-13,15H2,(H,27,28)/t16?,17-/m1/s1. The molecule has 2 N–H and O–H groups in total. The number of anilines is 1. The van der Waals surface area contributed by atoms with E-state index in [2.05, 4.69) is 15.6 Å². The Morgan fingerprint density at radius 1 is 1.30 bits per heavy atom. The summed E-state index contributed by atoms with van der Waals surface area (Å²) in [5.41, 5.74) is 2.32. The molecule has 4 heterocycles. The van der Waals surface area contributed by atoms with Crippen LogP contribution in [0, 0.1) is 11.8 Å². The van der Waals surface area contributed by atoms with Crippen molar-refractivity contribution in [2.45, 2.75) is 32.1 Å². The lowest BCUT2D eigenvalue weighted by molar-refractivity contribution is -0.122. The molecule has 7 heteroatoms. The molecule has 2 aromatic rings. The average molecular weight is 429 g/mol. The van der Waals surface area contributed by atoms with Crippen LogP contribution in [0.5, 0.6) is 0 Å². The first kappa shape index (κ1) is 21.2. The fourth-order valence-corrected chi connectivity index (χ4v) is 4.33. The van der Waals surface area contributed by atoms with E-state index in [0.717, 1.165) is 74.9 Å². The van der Waals surface area contributed by atoms with Crippen LogP contribution in [0.2, 0.25) is 5.02 Å². The fraction of sp³-hybridized carbons (Fsp3) is 0.522. The Bertz CT molecular complexity index is 864. The zero-order valence-corrected chi connectivity index (χ0v) is 18.0. The molecule has 2 aromatic heterocycles. The monoisotopic (exact) mass is 428 g/mol. The lowest BCUT2D eigenvalue weighted by atomic mass is 9.92. The molecule has 160 valence electrons. The van der Waals surface area contributed by atoms with Crippen molar-refractivity contribution in [3.05, 3.63) is 41.2 Å². The van der Waals surface area contributed by atoms with Crippen LogP contribution >= 0.6 is 11.6 Å². The highest BCUT2D eigenvalue weighted by molar-refractivity contribution is 6.33. The van der Waals surface area contributed by atoms with Gasteiger partial charge in [-0.2, -0.15) is 0 Å². The van der Waals surface area contributed by atoms with Gasteiger partial charge < -0.3 is 15.4 Å². The van der Waals surface area contributed by atoms with Crippen LogP contribution in [0.1, 0.15) is 31.4 Å². The van der Waals surface area contributed by atoms with Crippen molar-refractivity contribution in [1.82, 2.24) is 15.3 Å². The number of ketones is 1. The largest absolute Gasteiger partial charge is 0.381 e. The number of carbonyl (C=O) groups is 1. The molecule has 0 radical (unpaired) electrons. The summed E-state index contributed by atoms with van der Waals surface area (Å²) in [7, 11) is 0. The maximum absolute atomic E-state index is 12.6. The number of Topliss-reactive ketones (excluding diaryl/α,β-unsaturated/α-hetero) is 1. The second kappa shape index (κ2) is 10.3. The molecule has 1 unspecified atom stereocenters. The lowest BCUT2D eigenvalue weighted by Gasteiger charge is -2.22. The maximum Gasteiger partial charge on any atom is 0.143 e. The van der Waals surface area contributed by atoms with E-state index in [1.165, 1.54) is 6.42 Å². The van der Waals surface area contributed by atoms with Crippen molar-refractivity contribution in [1.29, 1.82) is 0 Å². The van der Waals surface area contributed by atoms with Gasteiger partial charge in [0, 0.05) is 49.5 Å². The molecule has 30 heavy (non-hydrogen) atoms. The number of aromatic nitrogens is 2. The van der Waals surface area contributed by atoms with E-state index >= 15 is 0 Å². The van der Waals surface area contributed by atoms with Gasteiger partial charge in [0.25, 0.3) is 0 Å². The molecule has 0 saturated carbocycles. The molecule has 2 saturated heterocycles. The summed E-state index contributed by atoms with van der Waals surface area (Å²) < 4.78 is 5.55. The lowest BCUT2D eigenvalue weighted by Crippen LogP contribution is -2.35. The summed E-state index contributed by atoms with van der Waals surface area (Å²) in [6.07, 6.45) is 6.25. The van der Waals surface area contributed by atoms with Gasteiger partial charge in [0.1, 0.15) is 11.6 Å². The Labute approximate surface area is 182 Å². The maximum atomic E-state index is 12.6. The Hall–Kier alpha value is -2.02. The number of carbonyl (C=O) groups excluding carboxylic acids is 1. The van der Waals surface area contributed by atoms with Crippen LogP contribution in [0.3, 0.4) is 0 Å². The van der Waals surface area contributed by atoms with E-state index in [1.807, 2.05) is 24.3 Å². The summed E-state index contributed by atoms with van der Waals surface area (Å²) in [5.74, 6) is 1.65. The van der Waals surface area contributed by atoms with Crippen LogP contribution in [0.15, 0.2) is 30.5 Å². The van der Waals surface area contributed by atoms with E-state index in [9.17, 15) is 4.79 Å². The van der Waals surface area contributed by atoms with Crippen LogP contribution in [0.25, 0.3) is 11.3 Å². The number of piperidine rings is 1. The van der Waals surface area contributed by atoms with E-state index in [-0.39, 0.29) is 11.7 Å². The molecule has 0 spiro atoms. The SMILES string of the molecule is O=C(Cc1cc(-c2cccc(NCC3CCCOC3)n2)c(Cl)cn1)[C@@H]1CCCNC1. The van der Waals surface area contributed by atoms with Gasteiger partial charge in [-0.25, -0.2) is 4.98 Å². The van der Waals surface area contributed by atoms with Gasteiger partial charge in [0.15, 0.2) is 0 Å². The average Bonchev–Trinajstić information content (AvgIpc) is 2.80. The summed E-state index contributed by atoms with van der Waals surface area (Å²) in [6.45, 7) is 4.27. The molecule has 2 aliphatic heterocycles. The summed E-state index contributed by atoms with van der Waals surface area (Å²) >= 11 is 6.43. The molecule has 4 rings (SSSR count). The number of halogens is 1. The zero-order valence-electron chi connectivity index (χ0n) is 17.2. The van der Waals surface area contributed by atoms with E-state index < -0.39 is 0 Å². The van der Waals surface area contributed by atoms with Crippen molar-refractivity contribution in [3.63, 3.8) is 0 Å². The Morgan fingerprint density at radius 2 is 2.23 bits per heavy atom. The highest BCUT2D eigenvalue weighted by Gasteiger charge is 2.22. The van der Waals surface area contributed by atoms with Gasteiger partial charge >= 0.3 is 0 Å². The van der Waals surface area contributed by atoms with Crippen molar-refractivity contribution in [2.24, 2.45) is 11.8 Å². The van der Waals surface area contributed by atoms with Crippen LogP contribution in [-0.4, -0.2) is 48.6 Å². The van der Waals surface area contributed by atoms with Gasteiger partial charge in [-0.1, -0.05) is 17.7 Å². The van der Waals surface area contributed by atoms with Gasteiger partial charge in [0.2, 0.25) is 0 Å². The first-order valence-corrected chi connectivity index (χ1v) is 11.2. The number of hydrogen-bond acceptors (Lipinski definition) is 6. The third-order valence-corrected chi connectivity index (χ3v) is 6.17. The van der Waals surface area contributed by atoms with Gasteiger partial charge in [-0.05, 0) is 56.3 Å². The van der Waals surface area contributed by atoms with Gasteiger partial charge in [-0.15, -0.1) is 0 Å². The topological polar surface area (TPSA) is 76.1 Å². The molecular formula is C23H29ClN4O2. The quantitative estimate of drug-likeness (QED) is 0.699. The fourth-order valence-electron chi connectivity index (χ4n) is 4.12. The highest BCUT2D eigenvalue weighted by Crippen LogP contribution is 2.28. The molecule has 2 atom stereocenters. The smallest absolute Gasteiger partial charge is 0.143 e. The minimum atomic E-state index is 0.0779. The van der Waals surface area contributed by atoms with E-state index in [0.29, 0.717) is 17.4 Å². The second-order valence-electron chi connectivity index (χ2n) is 8.21. The predicted octanol–water partition coefficient (Wildman–Crippen LogP) is 3.75. The van der Waals surface area contributed by atoms with Crippen molar-refractivity contribution < 1.29 is 9.53 Å². The normalized spacial score (nSPS) is 21.9. The number of nitrogens with one attached hydrogen (secondary N) is 2. The highest BCUT2D eigenvalue weighted by atomic mass is 35.5. The molecule has 0 aromatic carbocycles. The molecule has 0 aliphatic carbocycles. The van der Waals surface area contributed by atoms with Gasteiger partial charge in [0.05, 0.1) is 17.3 Å². The predicted molar refractivity (Wildman–Crippen MR) is 119 cm³/mol. The molecule has 2 fully saturated rings. The third kappa shape index (κ3) is 5.56. The Kier molecular flexibility index (Phi) is 7.31. The van der Waals surface area contributed by atoms with Crippen molar-refractivity contribution in [2.75, 3.05) is 38.2 Å². The Balaban J connectivity index is 1.45. The van der Waals surface area contributed by atoms with Crippen molar-refractivity contribution in [3.8, 4) is 11.3 Å². The zero-order chi connectivity index (χ0) is 20.8. The van der Waals surface area contributed by atoms with Gasteiger partial charge in [-0.3, -0.25) is 9.78 Å². The van der Waals surface area contributed by atoms with E-state index in [1.54, 1.807) is 6.20 Å². The van der Waals surface area contributed by atoms with Crippen LogP contribution in [0.4, 0.5) is 5.82 Å².